The molecule has 1 N–H and O–H groups in total. The van der Waals surface area contributed by atoms with Crippen molar-refractivity contribution < 1.29 is 35.1 Å². The summed E-state index contributed by atoms with van der Waals surface area (Å²) in [5, 5.41) is 7.37. The molecule has 1 fully saturated rings. The highest BCUT2D eigenvalue weighted by molar-refractivity contribution is 7.89. The van der Waals surface area contributed by atoms with Gasteiger partial charge in [-0.05, 0) is 49.1 Å². The number of alkyl halides is 4. The number of nitrogens with one attached hydrogen (secondary N) is 1. The van der Waals surface area contributed by atoms with E-state index in [4.69, 9.17) is 0 Å². The van der Waals surface area contributed by atoms with E-state index in [1.165, 1.54) is 36.9 Å². The number of aromatic nitrogens is 3. The van der Waals surface area contributed by atoms with Crippen LogP contribution in [0.1, 0.15) is 25.3 Å². The van der Waals surface area contributed by atoms with Crippen molar-refractivity contribution in [2.75, 3.05) is 0 Å². The summed E-state index contributed by atoms with van der Waals surface area (Å²) >= 11 is 0. The molecule has 7 nitrogen and oxygen atoms in total. The number of rotatable bonds is 6. The smallest absolute Gasteiger partial charge is 0.406 e. The van der Waals surface area contributed by atoms with Gasteiger partial charge in [-0.15, -0.1) is 23.4 Å². The zero-order chi connectivity index (χ0) is 24.5. The second-order valence-corrected chi connectivity index (χ2v) is 9.61. The fourth-order valence-corrected chi connectivity index (χ4v) is 5.25. The van der Waals surface area contributed by atoms with E-state index in [1.54, 1.807) is 4.57 Å². The molecule has 0 spiro atoms. The van der Waals surface area contributed by atoms with Crippen molar-refractivity contribution in [3.8, 4) is 16.9 Å². The Morgan fingerprint density at radius 1 is 1.00 bits per heavy atom. The molecule has 0 amide bonds. The van der Waals surface area contributed by atoms with Crippen LogP contribution < -0.4 is 9.46 Å². The molecular weight excluding hydrogens is 483 g/mol. The van der Waals surface area contributed by atoms with Crippen LogP contribution in [0, 0.1) is 5.82 Å². The predicted molar refractivity (Wildman–Crippen MR) is 110 cm³/mol. The Kier molecular flexibility index (Phi) is 6.58. The van der Waals surface area contributed by atoms with Crippen molar-refractivity contribution in [2.24, 2.45) is 0 Å². The summed E-state index contributed by atoms with van der Waals surface area (Å²) in [4.78, 5) is -0.354. The summed E-state index contributed by atoms with van der Waals surface area (Å²) in [7, 11) is -4.17. The minimum Gasteiger partial charge on any atom is -0.406 e. The monoisotopic (exact) mass is 502 g/mol. The molecule has 2 aromatic carbocycles. The van der Waals surface area contributed by atoms with E-state index in [1.807, 2.05) is 0 Å². The molecule has 0 saturated heterocycles. The highest BCUT2D eigenvalue weighted by atomic mass is 32.2. The topological polar surface area (TPSA) is 86.1 Å². The van der Waals surface area contributed by atoms with Crippen LogP contribution in [0.2, 0.25) is 0 Å². The van der Waals surface area contributed by atoms with Gasteiger partial charge in [-0.1, -0.05) is 18.2 Å². The minimum atomic E-state index is -4.86. The van der Waals surface area contributed by atoms with Crippen molar-refractivity contribution >= 4 is 10.0 Å². The lowest BCUT2D eigenvalue weighted by Gasteiger charge is -2.32. The van der Waals surface area contributed by atoms with Gasteiger partial charge in [0, 0.05) is 17.6 Å². The summed E-state index contributed by atoms with van der Waals surface area (Å²) in [6.07, 6.45) is -2.74. The first kappa shape index (κ1) is 24.1. The Bertz CT molecular complexity index is 1230. The summed E-state index contributed by atoms with van der Waals surface area (Å²) in [5.74, 6) is -1.36. The molecule has 0 aliphatic heterocycles. The van der Waals surface area contributed by atoms with Crippen molar-refractivity contribution in [2.45, 2.75) is 48.8 Å². The second-order valence-electron chi connectivity index (χ2n) is 7.90. The molecule has 0 bridgehead atoms. The van der Waals surface area contributed by atoms with Crippen molar-refractivity contribution in [3.05, 3.63) is 60.9 Å². The Hall–Kier alpha value is -3.06. The van der Waals surface area contributed by atoms with Gasteiger partial charge in [0.1, 0.15) is 30.4 Å². The van der Waals surface area contributed by atoms with E-state index in [-0.39, 0.29) is 34.9 Å². The first-order valence-corrected chi connectivity index (χ1v) is 11.6. The van der Waals surface area contributed by atoms with Gasteiger partial charge in [-0.25, -0.2) is 21.9 Å². The molecule has 3 atom stereocenters. The minimum absolute atomic E-state index is 0.00771. The lowest BCUT2D eigenvalue weighted by Crippen LogP contribution is -2.41. The molecule has 182 valence electrons. The lowest BCUT2D eigenvalue weighted by molar-refractivity contribution is -0.274. The molecule has 13 heteroatoms. The highest BCUT2D eigenvalue weighted by Gasteiger charge is 2.33. The molecule has 1 aromatic heterocycles. The van der Waals surface area contributed by atoms with Gasteiger partial charge in [0.2, 0.25) is 10.0 Å². The fraction of sp³-hybridized carbons (Fsp3) is 0.333. The van der Waals surface area contributed by atoms with Crippen LogP contribution in [-0.2, 0) is 10.0 Å². The number of hydrogen-bond acceptors (Lipinski definition) is 5. The lowest BCUT2D eigenvalue weighted by atomic mass is 9.90. The third-order valence-electron chi connectivity index (χ3n) is 5.45. The van der Waals surface area contributed by atoms with Crippen molar-refractivity contribution in [1.82, 2.24) is 19.5 Å². The number of nitrogens with zero attached hydrogens (tertiary/aromatic N) is 3. The molecule has 1 unspecified atom stereocenters. The van der Waals surface area contributed by atoms with Gasteiger partial charge >= 0.3 is 6.36 Å². The quantitative estimate of drug-likeness (QED) is 0.506. The largest absolute Gasteiger partial charge is 0.573 e. The van der Waals surface area contributed by atoms with Crippen LogP contribution in [0.3, 0.4) is 0 Å². The van der Waals surface area contributed by atoms with Crippen LogP contribution in [0.25, 0.3) is 11.1 Å². The zero-order valence-electron chi connectivity index (χ0n) is 17.4. The standard InChI is InChI=1S/C21H19F5N4O3S/c22-14-7-15(9-16(8-14)30-11-27-28-12-30)29-34(31,32)18-5-6-19(20(23)10-18)13-1-3-17(4-2-13)33-21(24,25)26/h1-6,10-12,14-16,29H,7-9H2/t14?,15-,16+/m0/s1. The summed E-state index contributed by atoms with van der Waals surface area (Å²) < 4.78 is 99.4. The number of sulfonamides is 1. The Labute approximate surface area is 191 Å². The van der Waals surface area contributed by atoms with Gasteiger partial charge in [-0.3, -0.25) is 0 Å². The van der Waals surface area contributed by atoms with E-state index < -0.39 is 40.2 Å². The first-order valence-electron chi connectivity index (χ1n) is 10.2. The van der Waals surface area contributed by atoms with Crippen LogP contribution >= 0.6 is 0 Å². The maximum absolute atomic E-state index is 14.7. The normalized spacial score (nSPS) is 21.4. The predicted octanol–water partition coefficient (Wildman–Crippen LogP) is 4.39. The number of hydrogen-bond donors (Lipinski definition) is 1. The van der Waals surface area contributed by atoms with E-state index in [0.717, 1.165) is 18.2 Å². The maximum atomic E-state index is 14.7. The second kappa shape index (κ2) is 9.29. The van der Waals surface area contributed by atoms with Gasteiger partial charge in [0.25, 0.3) is 0 Å². The van der Waals surface area contributed by atoms with Crippen LogP contribution in [0.4, 0.5) is 22.0 Å². The molecular formula is C21H19F5N4O3S. The Morgan fingerprint density at radius 2 is 1.68 bits per heavy atom. The van der Waals surface area contributed by atoms with E-state index in [0.29, 0.717) is 6.42 Å². The third kappa shape index (κ3) is 5.70. The Balaban J connectivity index is 1.49. The number of ether oxygens (including phenoxy) is 1. The van der Waals surface area contributed by atoms with E-state index >= 15 is 0 Å². The maximum Gasteiger partial charge on any atom is 0.573 e. The summed E-state index contributed by atoms with van der Waals surface area (Å²) in [5.41, 5.74) is 0.222. The first-order chi connectivity index (χ1) is 16.0. The van der Waals surface area contributed by atoms with Crippen molar-refractivity contribution in [1.29, 1.82) is 0 Å². The third-order valence-corrected chi connectivity index (χ3v) is 6.97. The zero-order valence-corrected chi connectivity index (χ0v) is 18.2. The molecule has 4 rings (SSSR count). The molecule has 1 aliphatic carbocycles. The van der Waals surface area contributed by atoms with E-state index in [2.05, 4.69) is 19.7 Å². The number of benzene rings is 2. The fourth-order valence-electron chi connectivity index (χ4n) is 3.98. The molecule has 34 heavy (non-hydrogen) atoms. The molecule has 1 heterocycles. The van der Waals surface area contributed by atoms with Crippen LogP contribution in [0.15, 0.2) is 60.0 Å². The van der Waals surface area contributed by atoms with Gasteiger partial charge < -0.3 is 9.30 Å². The highest BCUT2D eigenvalue weighted by Crippen LogP contribution is 2.32. The average Bonchev–Trinajstić information content (AvgIpc) is 3.27. The molecule has 1 aliphatic rings. The van der Waals surface area contributed by atoms with Crippen LogP contribution in [-0.4, -0.2) is 41.8 Å². The van der Waals surface area contributed by atoms with Gasteiger partial charge in [0.15, 0.2) is 0 Å². The summed E-state index contributed by atoms with van der Waals surface area (Å²) in [6, 6.07) is 6.65. The van der Waals surface area contributed by atoms with Gasteiger partial charge in [0.05, 0.1) is 4.90 Å². The average molecular weight is 502 g/mol. The van der Waals surface area contributed by atoms with Gasteiger partial charge in [-0.2, -0.15) is 0 Å². The molecule has 0 radical (unpaired) electrons. The Morgan fingerprint density at radius 3 is 2.29 bits per heavy atom. The van der Waals surface area contributed by atoms with Crippen LogP contribution in [0.5, 0.6) is 5.75 Å². The number of halogens is 5. The van der Waals surface area contributed by atoms with E-state index in [9.17, 15) is 30.4 Å². The molecule has 1 saturated carbocycles. The SMILES string of the molecule is O=S(=O)(N[C@H]1CC(F)C[C@@H](n2cnnc2)C1)c1ccc(-c2ccc(OC(F)(F)F)cc2)c(F)c1. The molecule has 3 aromatic rings. The van der Waals surface area contributed by atoms with Crippen molar-refractivity contribution in [3.63, 3.8) is 0 Å². The summed E-state index contributed by atoms with van der Waals surface area (Å²) in [6.45, 7) is 0.